The molecule has 0 bridgehead atoms. The van der Waals surface area contributed by atoms with Gasteiger partial charge in [-0.25, -0.2) is 9.97 Å². The molecule has 21 heavy (non-hydrogen) atoms. The van der Waals surface area contributed by atoms with E-state index in [9.17, 15) is 0 Å². The maximum absolute atomic E-state index is 5.35. The van der Waals surface area contributed by atoms with Gasteiger partial charge in [0, 0.05) is 29.0 Å². The maximum atomic E-state index is 5.35. The lowest BCUT2D eigenvalue weighted by Crippen LogP contribution is -2.21. The van der Waals surface area contributed by atoms with Gasteiger partial charge in [-0.05, 0) is 12.1 Å². The molecular formula is C13H13N7S. The first-order valence-electron chi connectivity index (χ1n) is 6.13. The van der Waals surface area contributed by atoms with E-state index in [1.165, 1.54) is 11.3 Å². The molecular weight excluding hydrogens is 286 g/mol. The van der Waals surface area contributed by atoms with Crippen molar-refractivity contribution < 1.29 is 0 Å². The zero-order chi connectivity index (χ0) is 14.7. The second kappa shape index (κ2) is 5.63. The van der Waals surface area contributed by atoms with Gasteiger partial charge in [0.1, 0.15) is 0 Å². The van der Waals surface area contributed by atoms with Gasteiger partial charge in [0.15, 0.2) is 5.96 Å². The predicted molar refractivity (Wildman–Crippen MR) is 84.9 cm³/mol. The van der Waals surface area contributed by atoms with Gasteiger partial charge in [-0.2, -0.15) is 4.99 Å². The number of guanidine groups is 1. The first kappa shape index (κ1) is 13.1. The molecule has 6 N–H and O–H groups in total. The van der Waals surface area contributed by atoms with Crippen LogP contribution in [0.2, 0.25) is 0 Å². The van der Waals surface area contributed by atoms with E-state index in [4.69, 9.17) is 11.5 Å². The summed E-state index contributed by atoms with van der Waals surface area (Å²) in [7, 11) is 0. The number of hydrogen-bond donors (Lipinski definition) is 4. The molecule has 2 aromatic heterocycles. The molecule has 1 aromatic carbocycles. The predicted octanol–water partition coefficient (Wildman–Crippen LogP) is 2.18. The Balaban J connectivity index is 1.85. The highest BCUT2D eigenvalue weighted by Gasteiger charge is 2.05. The number of imidazole rings is 1. The fourth-order valence-electron chi connectivity index (χ4n) is 1.79. The van der Waals surface area contributed by atoms with Crippen molar-refractivity contribution in [1.82, 2.24) is 15.0 Å². The SMILES string of the molecule is NC(N)=Nc1nc(-c2cccc(Nc3ncc[nH]3)c2)cs1. The Morgan fingerprint density at radius 2 is 2.24 bits per heavy atom. The molecule has 0 fully saturated rings. The molecule has 0 unspecified atom stereocenters. The number of aliphatic imine (C=N–C) groups is 1. The number of H-pyrrole nitrogens is 1. The van der Waals surface area contributed by atoms with E-state index in [0.717, 1.165) is 16.9 Å². The maximum Gasteiger partial charge on any atom is 0.212 e. The van der Waals surface area contributed by atoms with Crippen LogP contribution in [0.5, 0.6) is 0 Å². The van der Waals surface area contributed by atoms with E-state index in [2.05, 4.69) is 25.3 Å². The minimum atomic E-state index is 0.00383. The van der Waals surface area contributed by atoms with Crippen molar-refractivity contribution >= 4 is 34.1 Å². The van der Waals surface area contributed by atoms with Crippen LogP contribution >= 0.6 is 11.3 Å². The molecule has 8 heteroatoms. The number of aromatic amines is 1. The number of hydrogen-bond acceptors (Lipinski definition) is 5. The van der Waals surface area contributed by atoms with Crippen LogP contribution in [0.3, 0.4) is 0 Å². The van der Waals surface area contributed by atoms with E-state index < -0.39 is 0 Å². The molecule has 106 valence electrons. The minimum Gasteiger partial charge on any atom is -0.370 e. The number of rotatable bonds is 4. The van der Waals surface area contributed by atoms with Crippen LogP contribution in [0.1, 0.15) is 0 Å². The van der Waals surface area contributed by atoms with E-state index >= 15 is 0 Å². The molecule has 0 spiro atoms. The van der Waals surface area contributed by atoms with Crippen molar-refractivity contribution in [2.75, 3.05) is 5.32 Å². The number of thiazole rings is 1. The summed E-state index contributed by atoms with van der Waals surface area (Å²) >= 11 is 1.39. The largest absolute Gasteiger partial charge is 0.370 e. The van der Waals surface area contributed by atoms with Gasteiger partial charge in [0.05, 0.1) is 5.69 Å². The number of nitrogens with two attached hydrogens (primary N) is 2. The third-order valence-corrected chi connectivity index (χ3v) is 3.37. The zero-order valence-electron chi connectivity index (χ0n) is 10.9. The van der Waals surface area contributed by atoms with Crippen LogP contribution in [0.15, 0.2) is 47.0 Å². The second-order valence-electron chi connectivity index (χ2n) is 4.20. The standard InChI is InChI=1S/C13H13N7S/c14-11(15)20-13-19-10(7-21-13)8-2-1-3-9(6-8)18-12-16-4-5-17-12/h1-7H,(H2,16,17,18)(H4,14,15,19,20). The topological polar surface area (TPSA) is 118 Å². The number of aromatic nitrogens is 3. The summed E-state index contributed by atoms with van der Waals surface area (Å²) in [5.41, 5.74) is 13.4. The zero-order valence-corrected chi connectivity index (χ0v) is 11.8. The van der Waals surface area contributed by atoms with Gasteiger partial charge in [0.2, 0.25) is 11.1 Å². The van der Waals surface area contributed by atoms with Gasteiger partial charge in [-0.1, -0.05) is 12.1 Å². The highest BCUT2D eigenvalue weighted by Crippen LogP contribution is 2.28. The van der Waals surface area contributed by atoms with Gasteiger partial charge < -0.3 is 21.8 Å². The lowest BCUT2D eigenvalue weighted by molar-refractivity contribution is 1.28. The summed E-state index contributed by atoms with van der Waals surface area (Å²) in [4.78, 5) is 15.4. The first-order chi connectivity index (χ1) is 10.2. The average Bonchev–Trinajstić information content (AvgIpc) is 3.10. The fourth-order valence-corrected chi connectivity index (χ4v) is 2.50. The van der Waals surface area contributed by atoms with Crippen LogP contribution in [-0.4, -0.2) is 20.9 Å². The summed E-state index contributed by atoms with van der Waals surface area (Å²) in [6.07, 6.45) is 3.45. The van der Waals surface area contributed by atoms with Crippen LogP contribution in [0.4, 0.5) is 16.8 Å². The molecule has 0 saturated carbocycles. The van der Waals surface area contributed by atoms with Gasteiger partial charge in [-0.3, -0.25) is 0 Å². The molecule has 3 aromatic rings. The quantitative estimate of drug-likeness (QED) is 0.435. The molecule has 0 saturated heterocycles. The van der Waals surface area contributed by atoms with Gasteiger partial charge >= 0.3 is 0 Å². The number of benzene rings is 1. The Morgan fingerprint density at radius 1 is 1.33 bits per heavy atom. The van der Waals surface area contributed by atoms with Crippen LogP contribution in [-0.2, 0) is 0 Å². The van der Waals surface area contributed by atoms with Crippen molar-refractivity contribution in [3.8, 4) is 11.3 Å². The number of anilines is 2. The van der Waals surface area contributed by atoms with E-state index in [0.29, 0.717) is 11.1 Å². The smallest absolute Gasteiger partial charge is 0.212 e. The summed E-state index contributed by atoms with van der Waals surface area (Å²) in [6, 6.07) is 7.86. The Kier molecular flexibility index (Phi) is 3.52. The number of nitrogens with one attached hydrogen (secondary N) is 2. The average molecular weight is 299 g/mol. The molecule has 7 nitrogen and oxygen atoms in total. The summed E-state index contributed by atoms with van der Waals surface area (Å²) in [5, 5.41) is 5.62. The highest BCUT2D eigenvalue weighted by atomic mass is 32.1. The molecule has 3 rings (SSSR count). The molecule has 0 aliphatic rings. The molecule has 0 aliphatic heterocycles. The lowest BCUT2D eigenvalue weighted by atomic mass is 10.1. The van der Waals surface area contributed by atoms with E-state index in [-0.39, 0.29) is 5.96 Å². The van der Waals surface area contributed by atoms with Crippen molar-refractivity contribution in [2.45, 2.75) is 0 Å². The summed E-state index contributed by atoms with van der Waals surface area (Å²) < 4.78 is 0. The summed E-state index contributed by atoms with van der Waals surface area (Å²) in [6.45, 7) is 0. The van der Waals surface area contributed by atoms with Crippen LogP contribution < -0.4 is 16.8 Å². The van der Waals surface area contributed by atoms with Gasteiger partial charge in [-0.15, -0.1) is 11.3 Å². The first-order valence-corrected chi connectivity index (χ1v) is 7.01. The molecule has 2 heterocycles. The van der Waals surface area contributed by atoms with E-state index in [1.54, 1.807) is 12.4 Å². The molecule has 0 atom stereocenters. The Hall–Kier alpha value is -2.87. The van der Waals surface area contributed by atoms with Crippen LogP contribution in [0.25, 0.3) is 11.3 Å². The Bertz CT molecular complexity index is 756. The highest BCUT2D eigenvalue weighted by molar-refractivity contribution is 7.13. The third-order valence-electron chi connectivity index (χ3n) is 2.64. The van der Waals surface area contributed by atoms with Crippen molar-refractivity contribution in [2.24, 2.45) is 16.5 Å². The monoisotopic (exact) mass is 299 g/mol. The molecule has 0 radical (unpaired) electrons. The lowest BCUT2D eigenvalue weighted by Gasteiger charge is -2.04. The van der Waals surface area contributed by atoms with Crippen molar-refractivity contribution in [3.05, 3.63) is 42.0 Å². The molecule has 0 aliphatic carbocycles. The Labute approximate surface area is 124 Å². The normalized spacial score (nSPS) is 10.3. The van der Waals surface area contributed by atoms with Crippen molar-refractivity contribution in [1.29, 1.82) is 0 Å². The summed E-state index contributed by atoms with van der Waals surface area (Å²) in [5.74, 6) is 0.691. The molecule has 0 amide bonds. The number of nitrogens with zero attached hydrogens (tertiary/aromatic N) is 3. The fraction of sp³-hybridized carbons (Fsp3) is 0. The van der Waals surface area contributed by atoms with E-state index in [1.807, 2.05) is 29.6 Å². The van der Waals surface area contributed by atoms with Crippen LogP contribution in [0, 0.1) is 0 Å². The van der Waals surface area contributed by atoms with Gasteiger partial charge in [0.25, 0.3) is 0 Å². The Morgan fingerprint density at radius 3 is 3.00 bits per heavy atom. The van der Waals surface area contributed by atoms with Crippen molar-refractivity contribution in [3.63, 3.8) is 0 Å². The third kappa shape index (κ3) is 3.18. The minimum absolute atomic E-state index is 0.00383. The second-order valence-corrected chi connectivity index (χ2v) is 5.03.